The summed E-state index contributed by atoms with van der Waals surface area (Å²) in [6, 6.07) is 0. The molecule has 1 aliphatic carbocycles. The molecule has 1 aliphatic rings. The van der Waals surface area contributed by atoms with Gasteiger partial charge in [0, 0.05) is 25.8 Å². The third-order valence-electron chi connectivity index (χ3n) is 4.19. The van der Waals surface area contributed by atoms with Crippen LogP contribution < -0.4 is 5.48 Å². The zero-order chi connectivity index (χ0) is 17.2. The molecule has 0 fully saturated rings. The molecule has 0 aromatic heterocycles. The number of nitrogens with zero attached hydrogens (tertiary/aromatic N) is 2. The van der Waals surface area contributed by atoms with Crippen LogP contribution >= 0.6 is 0 Å². The second kappa shape index (κ2) is 10.1. The minimum absolute atomic E-state index is 0.477. The Morgan fingerprint density at radius 3 is 2.61 bits per heavy atom. The van der Waals surface area contributed by atoms with E-state index in [1.807, 2.05) is 11.6 Å². The van der Waals surface area contributed by atoms with Crippen LogP contribution in [0, 0.1) is 0 Å². The third-order valence-corrected chi connectivity index (χ3v) is 4.19. The molecule has 0 saturated carbocycles. The molecule has 0 unspecified atom stereocenters. The normalized spacial score (nSPS) is 15.1. The number of rotatable bonds is 9. The van der Waals surface area contributed by atoms with E-state index in [1.165, 1.54) is 11.3 Å². The zero-order valence-corrected chi connectivity index (χ0v) is 15.0. The first-order chi connectivity index (χ1) is 11.0. The van der Waals surface area contributed by atoms with Crippen LogP contribution in [0.3, 0.4) is 0 Å². The van der Waals surface area contributed by atoms with Crippen LogP contribution in [0.2, 0.25) is 0 Å². The molecular weight excluding hydrogens is 286 g/mol. The van der Waals surface area contributed by atoms with Gasteiger partial charge in [0.15, 0.2) is 0 Å². The van der Waals surface area contributed by atoms with Crippen LogP contribution in [0.4, 0.5) is 0 Å². The van der Waals surface area contributed by atoms with Gasteiger partial charge in [-0.1, -0.05) is 38.7 Å². The predicted octanol–water partition coefficient (Wildman–Crippen LogP) is 3.47. The highest BCUT2D eigenvalue weighted by molar-refractivity contribution is 5.41. The Morgan fingerprint density at radius 2 is 2.00 bits per heavy atom. The highest BCUT2D eigenvalue weighted by atomic mass is 16.5. The zero-order valence-electron chi connectivity index (χ0n) is 15.0. The largest absolute Gasteiger partial charge is 0.373 e. The van der Waals surface area contributed by atoms with E-state index in [2.05, 4.69) is 62.4 Å². The van der Waals surface area contributed by atoms with Crippen molar-refractivity contribution in [1.29, 1.82) is 0 Å². The van der Waals surface area contributed by atoms with E-state index in [9.17, 15) is 0 Å². The van der Waals surface area contributed by atoms with Crippen molar-refractivity contribution in [3.63, 3.8) is 0 Å². The Balaban J connectivity index is 2.70. The molecule has 0 amide bonds. The maximum Gasteiger partial charge on any atom is 0.0530 e. The van der Waals surface area contributed by atoms with Crippen LogP contribution in [0.5, 0.6) is 0 Å². The SMILES string of the molecule is C=C(/C=C/C1=CCC(C)=C(N(C)CCN(CC)CC)C=C1)NO. The van der Waals surface area contributed by atoms with Gasteiger partial charge in [0.1, 0.15) is 0 Å². The monoisotopic (exact) mass is 317 g/mol. The smallest absolute Gasteiger partial charge is 0.0530 e. The summed E-state index contributed by atoms with van der Waals surface area (Å²) in [7, 11) is 2.16. The molecule has 23 heavy (non-hydrogen) atoms. The van der Waals surface area contributed by atoms with Crippen LogP contribution in [-0.4, -0.2) is 48.2 Å². The van der Waals surface area contributed by atoms with Gasteiger partial charge in [-0.3, -0.25) is 10.7 Å². The Morgan fingerprint density at radius 1 is 1.30 bits per heavy atom. The maximum atomic E-state index is 8.76. The molecule has 0 aliphatic heterocycles. The lowest BCUT2D eigenvalue weighted by Gasteiger charge is -2.26. The molecule has 4 heteroatoms. The fraction of sp³-hybridized carbons (Fsp3) is 0.474. The number of hydrogen-bond acceptors (Lipinski definition) is 4. The van der Waals surface area contributed by atoms with Crippen molar-refractivity contribution >= 4 is 0 Å². The van der Waals surface area contributed by atoms with Crippen LogP contribution in [0.15, 0.2) is 59.5 Å². The quantitative estimate of drug-likeness (QED) is 0.504. The molecule has 0 bridgehead atoms. The standard InChI is InChI=1S/C19H31N3O/c1-6-22(7-2)15-14-21(5)19-13-12-18(10-8-16(19)3)11-9-17(4)20-23/h9-13,20,23H,4,6-8,14-15H2,1-3,5H3/b11-9+. The van der Waals surface area contributed by atoms with E-state index in [4.69, 9.17) is 5.21 Å². The van der Waals surface area contributed by atoms with Gasteiger partial charge in [-0.05, 0) is 49.7 Å². The van der Waals surface area contributed by atoms with E-state index >= 15 is 0 Å². The predicted molar refractivity (Wildman–Crippen MR) is 98.2 cm³/mol. The van der Waals surface area contributed by atoms with Crippen LogP contribution in [0.25, 0.3) is 0 Å². The fourth-order valence-electron chi connectivity index (χ4n) is 2.52. The molecule has 0 spiro atoms. The number of hydrogen-bond donors (Lipinski definition) is 2. The summed E-state index contributed by atoms with van der Waals surface area (Å²) in [5.74, 6) is 0. The Kier molecular flexibility index (Phi) is 8.45. The molecule has 128 valence electrons. The lowest BCUT2D eigenvalue weighted by Crippen LogP contribution is -2.32. The molecule has 0 heterocycles. The van der Waals surface area contributed by atoms with Gasteiger partial charge in [-0.25, -0.2) is 0 Å². The molecule has 0 aromatic carbocycles. The van der Waals surface area contributed by atoms with Crippen molar-refractivity contribution in [2.75, 3.05) is 33.2 Å². The van der Waals surface area contributed by atoms with E-state index in [0.29, 0.717) is 5.70 Å². The summed E-state index contributed by atoms with van der Waals surface area (Å²) in [5, 5.41) is 8.76. The Labute approximate surface area is 141 Å². The van der Waals surface area contributed by atoms with Crippen LogP contribution in [-0.2, 0) is 0 Å². The average Bonchev–Trinajstić information content (AvgIpc) is 2.75. The van der Waals surface area contributed by atoms with E-state index in [-0.39, 0.29) is 0 Å². The number of hydroxylamine groups is 1. The van der Waals surface area contributed by atoms with Crippen LogP contribution in [0.1, 0.15) is 27.2 Å². The highest BCUT2D eigenvalue weighted by Crippen LogP contribution is 2.20. The Hall–Kier alpha value is -1.78. The first-order valence-corrected chi connectivity index (χ1v) is 8.30. The van der Waals surface area contributed by atoms with E-state index in [0.717, 1.165) is 38.2 Å². The number of allylic oxidation sites excluding steroid dienone is 7. The van der Waals surface area contributed by atoms with Crippen molar-refractivity contribution in [3.8, 4) is 0 Å². The molecule has 0 radical (unpaired) electrons. The number of nitrogens with one attached hydrogen (secondary N) is 1. The molecule has 2 N–H and O–H groups in total. The van der Waals surface area contributed by atoms with Gasteiger partial charge >= 0.3 is 0 Å². The summed E-state index contributed by atoms with van der Waals surface area (Å²) < 4.78 is 0. The fourth-order valence-corrected chi connectivity index (χ4v) is 2.52. The minimum Gasteiger partial charge on any atom is -0.373 e. The second-order valence-electron chi connectivity index (χ2n) is 5.83. The van der Waals surface area contributed by atoms with E-state index < -0.39 is 0 Å². The summed E-state index contributed by atoms with van der Waals surface area (Å²) in [6.45, 7) is 14.6. The third kappa shape index (κ3) is 6.47. The maximum absolute atomic E-state index is 8.76. The second-order valence-corrected chi connectivity index (χ2v) is 5.83. The summed E-state index contributed by atoms with van der Waals surface area (Å²) in [6.07, 6.45) is 11.1. The van der Waals surface area contributed by atoms with Gasteiger partial charge in [0.25, 0.3) is 0 Å². The molecular formula is C19H31N3O. The molecule has 0 saturated heterocycles. The lowest BCUT2D eigenvalue weighted by molar-refractivity contribution is 0.205. The van der Waals surface area contributed by atoms with Crippen molar-refractivity contribution in [2.24, 2.45) is 0 Å². The lowest BCUT2D eigenvalue weighted by atomic mass is 10.1. The Bertz CT molecular complexity index is 511. The summed E-state index contributed by atoms with van der Waals surface area (Å²) >= 11 is 0. The first-order valence-electron chi connectivity index (χ1n) is 8.30. The van der Waals surface area contributed by atoms with Gasteiger partial charge in [-0.2, -0.15) is 0 Å². The molecule has 1 rings (SSSR count). The average molecular weight is 317 g/mol. The van der Waals surface area contributed by atoms with Gasteiger partial charge in [0.05, 0.1) is 5.70 Å². The van der Waals surface area contributed by atoms with Gasteiger partial charge in [-0.15, -0.1) is 0 Å². The summed E-state index contributed by atoms with van der Waals surface area (Å²) in [5.41, 5.74) is 6.29. The van der Waals surface area contributed by atoms with Gasteiger partial charge in [0.2, 0.25) is 0 Å². The molecule has 0 aromatic rings. The van der Waals surface area contributed by atoms with Crippen molar-refractivity contribution in [2.45, 2.75) is 27.2 Å². The van der Waals surface area contributed by atoms with Crippen molar-refractivity contribution in [3.05, 3.63) is 59.5 Å². The first kappa shape index (κ1) is 19.3. The number of likely N-dealkylation sites (N-methyl/N-ethyl adjacent to an activating group) is 2. The summed E-state index contributed by atoms with van der Waals surface area (Å²) in [4.78, 5) is 4.77. The van der Waals surface area contributed by atoms with E-state index in [1.54, 1.807) is 6.08 Å². The molecule has 4 nitrogen and oxygen atoms in total. The minimum atomic E-state index is 0.477. The van der Waals surface area contributed by atoms with Gasteiger partial charge < -0.3 is 9.80 Å². The topological polar surface area (TPSA) is 38.7 Å². The molecule has 0 atom stereocenters. The highest BCUT2D eigenvalue weighted by Gasteiger charge is 2.09. The van der Waals surface area contributed by atoms with Crippen molar-refractivity contribution < 1.29 is 5.21 Å². The van der Waals surface area contributed by atoms with Crippen molar-refractivity contribution in [1.82, 2.24) is 15.3 Å².